The first-order valence-electron chi connectivity index (χ1n) is 3.60. The molecule has 0 aliphatic rings. The van der Waals surface area contributed by atoms with Gasteiger partial charge in [-0.25, -0.2) is 0 Å². The van der Waals surface area contributed by atoms with Crippen molar-refractivity contribution in [2.45, 2.75) is 13.5 Å². The third-order valence-electron chi connectivity index (χ3n) is 1.58. The number of aromatic nitrogens is 1. The lowest BCUT2D eigenvalue weighted by Gasteiger charge is -2.00. The van der Waals surface area contributed by atoms with Gasteiger partial charge in [-0.2, -0.15) is 0 Å². The summed E-state index contributed by atoms with van der Waals surface area (Å²) < 4.78 is 1.19. The summed E-state index contributed by atoms with van der Waals surface area (Å²) in [6.07, 6.45) is 1.17. The maximum Gasteiger partial charge on any atom is 0.287 e. The molecule has 0 aliphatic carbocycles. The van der Waals surface area contributed by atoms with Crippen molar-refractivity contribution in [1.29, 1.82) is 0 Å². The smallest absolute Gasteiger partial charge is 0.287 e. The summed E-state index contributed by atoms with van der Waals surface area (Å²) in [6, 6.07) is 1.05. The number of rotatable bonds is 2. The molecule has 0 atom stereocenters. The van der Waals surface area contributed by atoms with Gasteiger partial charge in [-0.15, -0.1) is 0 Å². The molecular weight excluding hydrogens is 196 g/mol. The zero-order chi connectivity index (χ0) is 10.0. The molecule has 0 saturated heterocycles. The van der Waals surface area contributed by atoms with E-state index in [0.717, 1.165) is 6.07 Å². The van der Waals surface area contributed by atoms with Crippen LogP contribution in [-0.2, 0) is 6.54 Å². The molecule has 1 rings (SSSR count). The van der Waals surface area contributed by atoms with Crippen LogP contribution in [0.5, 0.6) is 0 Å². The minimum atomic E-state index is -0.586. The van der Waals surface area contributed by atoms with Gasteiger partial charge in [-0.3, -0.25) is 14.9 Å². The Balaban J connectivity index is 3.39. The van der Waals surface area contributed by atoms with Gasteiger partial charge in [0.15, 0.2) is 0 Å². The number of nitro groups is 1. The summed E-state index contributed by atoms with van der Waals surface area (Å²) in [7, 11) is 0. The second-order valence-electron chi connectivity index (χ2n) is 2.39. The van der Waals surface area contributed by atoms with Gasteiger partial charge < -0.3 is 4.57 Å². The molecule has 13 heavy (non-hydrogen) atoms. The summed E-state index contributed by atoms with van der Waals surface area (Å²) in [5.74, 6) is 0. The molecule has 1 aromatic rings. The highest BCUT2D eigenvalue weighted by Gasteiger charge is 2.10. The highest BCUT2D eigenvalue weighted by molar-refractivity contribution is 6.30. The lowest BCUT2D eigenvalue weighted by Crippen LogP contribution is -2.19. The SMILES string of the molecule is CCn1cc([N+](=O)[O-])cc(Cl)c1=O. The molecule has 0 saturated carbocycles. The molecule has 0 radical (unpaired) electrons. The zero-order valence-corrected chi connectivity index (χ0v) is 7.61. The quantitative estimate of drug-likeness (QED) is 0.538. The van der Waals surface area contributed by atoms with Crippen LogP contribution in [0.1, 0.15) is 6.92 Å². The molecular formula is C7H7ClN2O3. The van der Waals surface area contributed by atoms with Crippen LogP contribution in [0.2, 0.25) is 5.02 Å². The van der Waals surface area contributed by atoms with E-state index in [1.54, 1.807) is 6.92 Å². The molecule has 5 nitrogen and oxygen atoms in total. The van der Waals surface area contributed by atoms with Crippen LogP contribution in [0.4, 0.5) is 5.69 Å². The van der Waals surface area contributed by atoms with Gasteiger partial charge in [-0.1, -0.05) is 11.6 Å². The lowest BCUT2D eigenvalue weighted by molar-refractivity contribution is -0.385. The molecule has 0 aromatic carbocycles. The Kier molecular flexibility index (Phi) is 2.67. The van der Waals surface area contributed by atoms with E-state index >= 15 is 0 Å². The summed E-state index contributed by atoms with van der Waals surface area (Å²) in [5.41, 5.74) is -0.582. The highest BCUT2D eigenvalue weighted by atomic mass is 35.5. The maximum atomic E-state index is 11.2. The van der Waals surface area contributed by atoms with E-state index in [-0.39, 0.29) is 10.7 Å². The van der Waals surface area contributed by atoms with Gasteiger partial charge in [0.1, 0.15) is 5.02 Å². The number of pyridine rings is 1. The standard InChI is InChI=1S/C7H7ClN2O3/c1-2-9-4-5(10(12)13)3-6(8)7(9)11/h3-4H,2H2,1H3. The van der Waals surface area contributed by atoms with Crippen molar-refractivity contribution in [1.82, 2.24) is 4.57 Å². The van der Waals surface area contributed by atoms with Crippen LogP contribution in [0.3, 0.4) is 0 Å². The fraction of sp³-hybridized carbons (Fsp3) is 0.286. The number of hydrogen-bond donors (Lipinski definition) is 0. The van der Waals surface area contributed by atoms with Crippen LogP contribution >= 0.6 is 11.6 Å². The number of nitrogens with zero attached hydrogens (tertiary/aromatic N) is 2. The topological polar surface area (TPSA) is 65.1 Å². The molecule has 0 N–H and O–H groups in total. The van der Waals surface area contributed by atoms with Crippen LogP contribution < -0.4 is 5.56 Å². The minimum Gasteiger partial charge on any atom is -0.308 e. The Bertz CT molecular complexity index is 399. The Hall–Kier alpha value is -1.36. The van der Waals surface area contributed by atoms with Crippen LogP contribution in [0.15, 0.2) is 17.1 Å². The second-order valence-corrected chi connectivity index (χ2v) is 2.80. The van der Waals surface area contributed by atoms with Crippen molar-refractivity contribution >= 4 is 17.3 Å². The van der Waals surface area contributed by atoms with Crippen molar-refractivity contribution in [2.75, 3.05) is 0 Å². The van der Waals surface area contributed by atoms with Crippen LogP contribution in [-0.4, -0.2) is 9.49 Å². The second kappa shape index (κ2) is 3.57. The van der Waals surface area contributed by atoms with E-state index in [4.69, 9.17) is 11.6 Å². The third kappa shape index (κ3) is 1.86. The van der Waals surface area contributed by atoms with Crippen molar-refractivity contribution in [3.63, 3.8) is 0 Å². The first kappa shape index (κ1) is 9.73. The van der Waals surface area contributed by atoms with Gasteiger partial charge in [-0.05, 0) is 6.92 Å². The average molecular weight is 203 g/mol. The summed E-state index contributed by atoms with van der Waals surface area (Å²) in [6.45, 7) is 2.07. The van der Waals surface area contributed by atoms with E-state index in [2.05, 4.69) is 0 Å². The molecule has 0 spiro atoms. The Morgan fingerprint density at radius 1 is 1.69 bits per heavy atom. The van der Waals surface area contributed by atoms with Crippen LogP contribution in [0.25, 0.3) is 0 Å². The van der Waals surface area contributed by atoms with Crippen molar-refractivity contribution in [3.8, 4) is 0 Å². The highest BCUT2D eigenvalue weighted by Crippen LogP contribution is 2.13. The van der Waals surface area contributed by atoms with Gasteiger partial charge in [0.2, 0.25) is 0 Å². The molecule has 0 fully saturated rings. The zero-order valence-electron chi connectivity index (χ0n) is 6.86. The minimum absolute atomic E-state index is 0.129. The van der Waals surface area contributed by atoms with E-state index in [0.29, 0.717) is 6.54 Å². The summed E-state index contributed by atoms with van der Waals surface area (Å²) in [5, 5.41) is 10.2. The fourth-order valence-corrected chi connectivity index (χ4v) is 1.14. The Morgan fingerprint density at radius 2 is 2.31 bits per heavy atom. The van der Waals surface area contributed by atoms with Crippen molar-refractivity contribution in [2.24, 2.45) is 0 Å². The van der Waals surface area contributed by atoms with E-state index in [1.165, 1.54) is 10.8 Å². The molecule has 0 amide bonds. The predicted octanol–water partition coefficient (Wildman–Crippen LogP) is 1.43. The van der Waals surface area contributed by atoms with Gasteiger partial charge >= 0.3 is 0 Å². The largest absolute Gasteiger partial charge is 0.308 e. The Morgan fingerprint density at radius 3 is 2.77 bits per heavy atom. The van der Waals surface area contributed by atoms with E-state index < -0.39 is 10.5 Å². The van der Waals surface area contributed by atoms with E-state index in [9.17, 15) is 14.9 Å². The monoisotopic (exact) mass is 202 g/mol. The van der Waals surface area contributed by atoms with Crippen molar-refractivity contribution in [3.05, 3.63) is 37.8 Å². The molecule has 1 aromatic heterocycles. The van der Waals surface area contributed by atoms with Crippen LogP contribution in [0, 0.1) is 10.1 Å². The lowest BCUT2D eigenvalue weighted by atomic mass is 10.4. The fourth-order valence-electron chi connectivity index (χ4n) is 0.919. The predicted molar refractivity (Wildman–Crippen MR) is 48.0 cm³/mol. The first-order valence-corrected chi connectivity index (χ1v) is 3.98. The molecule has 0 aliphatic heterocycles. The molecule has 70 valence electrons. The summed E-state index contributed by atoms with van der Waals surface area (Å²) in [4.78, 5) is 21.0. The maximum absolute atomic E-state index is 11.2. The molecule has 1 heterocycles. The third-order valence-corrected chi connectivity index (χ3v) is 1.85. The van der Waals surface area contributed by atoms with E-state index in [1.807, 2.05) is 0 Å². The van der Waals surface area contributed by atoms with Gasteiger partial charge in [0.05, 0.1) is 11.1 Å². The first-order chi connectivity index (χ1) is 6.06. The normalized spacial score (nSPS) is 10.0. The van der Waals surface area contributed by atoms with Gasteiger partial charge in [0.25, 0.3) is 11.2 Å². The van der Waals surface area contributed by atoms with Crippen molar-refractivity contribution < 1.29 is 4.92 Å². The Labute approximate surface area is 78.7 Å². The number of aryl methyl sites for hydroxylation is 1. The average Bonchev–Trinajstić information content (AvgIpc) is 2.09. The molecule has 0 unspecified atom stereocenters. The number of hydrogen-bond acceptors (Lipinski definition) is 3. The van der Waals surface area contributed by atoms with Gasteiger partial charge in [0, 0.05) is 12.6 Å². The molecule has 0 bridgehead atoms. The number of halogens is 1. The summed E-state index contributed by atoms with van der Waals surface area (Å²) >= 11 is 5.50. The molecule has 6 heteroatoms.